The van der Waals surface area contributed by atoms with Gasteiger partial charge in [-0.05, 0) is 117 Å². The molecule has 8 nitrogen and oxygen atoms in total. The SMILES string of the molecule is CC(C)c1noc(C23CCC(CN(C(=O)CC45CC(F)(C4)C5)c4cccc(-c5ccc(NS(=O)(=O)C6CC6)cc5)c4)(CC2)CC3)n1. The molecule has 10 rings (SSSR count). The minimum atomic E-state index is -3.33. The zero-order chi connectivity index (χ0) is 32.0. The van der Waals surface area contributed by atoms with Crippen molar-refractivity contribution in [3.8, 4) is 11.1 Å². The molecule has 1 heterocycles. The summed E-state index contributed by atoms with van der Waals surface area (Å²) in [5.74, 6) is 1.85. The molecule has 7 saturated carbocycles. The molecule has 0 atom stereocenters. The number of halogens is 1. The molecule has 244 valence electrons. The highest BCUT2D eigenvalue weighted by Gasteiger charge is 2.69. The number of rotatable bonds is 11. The normalized spacial score (nSPS) is 31.3. The van der Waals surface area contributed by atoms with E-state index in [-0.39, 0.29) is 33.3 Å². The van der Waals surface area contributed by atoms with Crippen LogP contribution in [-0.4, -0.2) is 41.9 Å². The number of nitrogens with one attached hydrogen (secondary N) is 1. The number of anilines is 2. The quantitative estimate of drug-likeness (QED) is 0.229. The van der Waals surface area contributed by atoms with Gasteiger partial charge >= 0.3 is 0 Å². The van der Waals surface area contributed by atoms with E-state index in [9.17, 15) is 17.6 Å². The molecule has 0 spiro atoms. The number of carbonyl (C=O) groups is 1. The van der Waals surface area contributed by atoms with Crippen LogP contribution in [0.2, 0.25) is 0 Å². The van der Waals surface area contributed by atoms with Crippen LogP contribution in [0.5, 0.6) is 0 Å². The van der Waals surface area contributed by atoms with Gasteiger partial charge in [0, 0.05) is 35.7 Å². The number of hydrogen-bond donors (Lipinski definition) is 1. The minimum absolute atomic E-state index is 0.00935. The molecule has 1 aromatic heterocycles. The molecule has 3 aromatic rings. The second kappa shape index (κ2) is 10.4. The fraction of sp³-hybridized carbons (Fsp3) is 0.583. The average Bonchev–Trinajstić information content (AvgIpc) is 3.77. The average molecular weight is 647 g/mol. The molecule has 7 aliphatic carbocycles. The summed E-state index contributed by atoms with van der Waals surface area (Å²) in [6.07, 6.45) is 9.23. The van der Waals surface area contributed by atoms with Gasteiger partial charge in [-0.1, -0.05) is 43.3 Å². The van der Waals surface area contributed by atoms with Gasteiger partial charge in [-0.3, -0.25) is 9.52 Å². The molecule has 0 radical (unpaired) electrons. The molecule has 4 bridgehead atoms. The number of hydrogen-bond acceptors (Lipinski definition) is 6. The van der Waals surface area contributed by atoms with E-state index in [1.54, 1.807) is 12.1 Å². The van der Waals surface area contributed by atoms with E-state index < -0.39 is 15.7 Å². The third-order valence-corrected chi connectivity index (χ3v) is 13.7. The number of carbonyl (C=O) groups excluding carboxylic acids is 1. The summed E-state index contributed by atoms with van der Waals surface area (Å²) in [6, 6.07) is 15.5. The van der Waals surface area contributed by atoms with Gasteiger partial charge in [-0.2, -0.15) is 4.98 Å². The topological polar surface area (TPSA) is 105 Å². The first-order valence-corrected chi connectivity index (χ1v) is 18.5. The number of fused-ring (bicyclic) bond motifs is 3. The van der Waals surface area contributed by atoms with E-state index in [2.05, 4.69) is 29.8 Å². The first-order chi connectivity index (χ1) is 21.9. The molecule has 10 heteroatoms. The summed E-state index contributed by atoms with van der Waals surface area (Å²) in [5, 5.41) is 3.97. The lowest BCUT2D eigenvalue weighted by Crippen LogP contribution is -2.65. The van der Waals surface area contributed by atoms with Gasteiger partial charge in [0.15, 0.2) is 5.82 Å². The zero-order valence-corrected chi connectivity index (χ0v) is 27.5. The lowest BCUT2D eigenvalue weighted by Gasteiger charge is -2.66. The van der Waals surface area contributed by atoms with Crippen molar-refractivity contribution in [2.75, 3.05) is 16.2 Å². The summed E-state index contributed by atoms with van der Waals surface area (Å²) >= 11 is 0. The Kier molecular flexibility index (Phi) is 6.78. The highest BCUT2D eigenvalue weighted by atomic mass is 32.2. The number of sulfonamides is 1. The van der Waals surface area contributed by atoms with Gasteiger partial charge in [0.05, 0.1) is 5.25 Å². The molecule has 0 unspecified atom stereocenters. The second-order valence-corrected chi connectivity index (χ2v) is 17.7. The summed E-state index contributed by atoms with van der Waals surface area (Å²) < 4.78 is 47.7. The van der Waals surface area contributed by atoms with E-state index in [0.29, 0.717) is 50.8 Å². The van der Waals surface area contributed by atoms with Gasteiger partial charge in [-0.25, -0.2) is 12.8 Å². The van der Waals surface area contributed by atoms with Crippen LogP contribution in [0.25, 0.3) is 11.1 Å². The lowest BCUT2D eigenvalue weighted by molar-refractivity contribution is -0.215. The Labute approximate surface area is 270 Å². The minimum Gasteiger partial charge on any atom is -0.339 e. The maximum absolute atomic E-state index is 14.4. The van der Waals surface area contributed by atoms with Crippen LogP contribution in [0.15, 0.2) is 53.1 Å². The van der Waals surface area contributed by atoms with Crippen molar-refractivity contribution in [3.05, 3.63) is 60.2 Å². The smallest absolute Gasteiger partial charge is 0.235 e. The van der Waals surface area contributed by atoms with Crippen molar-refractivity contribution < 1.29 is 22.1 Å². The van der Waals surface area contributed by atoms with Crippen molar-refractivity contribution in [1.82, 2.24) is 10.1 Å². The Morgan fingerprint density at radius 3 is 2.24 bits per heavy atom. The van der Waals surface area contributed by atoms with Crippen molar-refractivity contribution in [2.45, 2.75) is 113 Å². The molecule has 46 heavy (non-hydrogen) atoms. The predicted octanol–water partition coefficient (Wildman–Crippen LogP) is 7.67. The first-order valence-electron chi connectivity index (χ1n) is 16.9. The lowest BCUT2D eigenvalue weighted by atomic mass is 9.41. The monoisotopic (exact) mass is 646 g/mol. The van der Waals surface area contributed by atoms with Crippen LogP contribution in [0, 0.1) is 10.8 Å². The molecule has 0 saturated heterocycles. The second-order valence-electron chi connectivity index (χ2n) is 15.7. The summed E-state index contributed by atoms with van der Waals surface area (Å²) in [5.41, 5.74) is 2.04. The van der Waals surface area contributed by atoms with E-state index in [4.69, 9.17) is 9.51 Å². The fourth-order valence-electron chi connectivity index (χ4n) is 8.84. The Balaban J connectivity index is 1.03. The number of benzene rings is 2. The Morgan fingerprint density at radius 2 is 1.65 bits per heavy atom. The molecule has 1 amide bonds. The molecule has 7 aliphatic rings. The molecule has 2 aromatic carbocycles. The van der Waals surface area contributed by atoms with Crippen LogP contribution < -0.4 is 9.62 Å². The highest BCUT2D eigenvalue weighted by molar-refractivity contribution is 7.93. The predicted molar refractivity (Wildman–Crippen MR) is 175 cm³/mol. The largest absolute Gasteiger partial charge is 0.339 e. The highest BCUT2D eigenvalue weighted by Crippen LogP contribution is 2.71. The van der Waals surface area contributed by atoms with Gasteiger partial charge in [0.2, 0.25) is 21.8 Å². The van der Waals surface area contributed by atoms with E-state index >= 15 is 0 Å². The summed E-state index contributed by atoms with van der Waals surface area (Å²) in [4.78, 5) is 21.0. The van der Waals surface area contributed by atoms with Crippen LogP contribution in [-0.2, 0) is 20.2 Å². The zero-order valence-electron chi connectivity index (χ0n) is 26.7. The standard InChI is InChI=1S/C36H43FN4O4S/c1-24(2)31-38-32(45-39-31)35-15-12-33(13-16-35,14-17-35)23-41(30(42)19-34-20-36(37,21-34)22-34)28-5-3-4-26(18-28)25-6-8-27(9-7-25)40-46(43,44)29-10-11-29/h3-9,18,24,29,40H,10-17,19-23H2,1-2H3. The third-order valence-electron chi connectivity index (χ3n) is 11.8. The summed E-state index contributed by atoms with van der Waals surface area (Å²) in [7, 11) is -3.33. The third kappa shape index (κ3) is 5.24. The van der Waals surface area contributed by atoms with Crippen LogP contribution in [0.3, 0.4) is 0 Å². The summed E-state index contributed by atoms with van der Waals surface area (Å²) in [6.45, 7) is 4.80. The number of alkyl halides is 1. The van der Waals surface area contributed by atoms with Crippen molar-refractivity contribution in [1.29, 1.82) is 0 Å². The van der Waals surface area contributed by atoms with E-state index in [1.165, 1.54) is 0 Å². The van der Waals surface area contributed by atoms with Crippen molar-refractivity contribution in [3.63, 3.8) is 0 Å². The van der Waals surface area contributed by atoms with Gasteiger partial charge in [0.25, 0.3) is 0 Å². The molecule has 7 fully saturated rings. The Morgan fingerprint density at radius 1 is 0.978 bits per heavy atom. The Bertz CT molecular complexity index is 1740. The van der Waals surface area contributed by atoms with Gasteiger partial charge in [0.1, 0.15) is 5.67 Å². The van der Waals surface area contributed by atoms with Gasteiger partial charge in [-0.15, -0.1) is 0 Å². The van der Waals surface area contributed by atoms with Crippen LogP contribution in [0.1, 0.15) is 109 Å². The van der Waals surface area contributed by atoms with Crippen molar-refractivity contribution in [2.24, 2.45) is 10.8 Å². The molecular formula is C36H43FN4O4S. The van der Waals surface area contributed by atoms with Crippen LogP contribution in [0.4, 0.5) is 15.8 Å². The van der Waals surface area contributed by atoms with E-state index in [0.717, 1.165) is 67.1 Å². The molecular weight excluding hydrogens is 603 g/mol. The first kappa shape index (κ1) is 30.1. The van der Waals surface area contributed by atoms with E-state index in [1.807, 2.05) is 35.2 Å². The molecule has 0 aliphatic heterocycles. The van der Waals surface area contributed by atoms with Crippen LogP contribution >= 0.6 is 0 Å². The van der Waals surface area contributed by atoms with Gasteiger partial charge < -0.3 is 9.42 Å². The Hall–Kier alpha value is -3.27. The van der Waals surface area contributed by atoms with Crippen molar-refractivity contribution >= 4 is 27.3 Å². The fourth-order valence-corrected chi connectivity index (χ4v) is 10.2. The maximum Gasteiger partial charge on any atom is 0.235 e. The number of amides is 1. The molecule has 1 N–H and O–H groups in total. The number of nitrogens with zero attached hydrogens (tertiary/aromatic N) is 3. The number of aromatic nitrogens is 2. The maximum atomic E-state index is 14.4.